The monoisotopic (exact) mass is 632 g/mol. The van der Waals surface area contributed by atoms with Gasteiger partial charge in [-0.05, 0) is 61.2 Å². The average Bonchev–Trinajstić information content (AvgIpc) is 3.56. The van der Waals surface area contributed by atoms with Crippen molar-refractivity contribution in [3.63, 3.8) is 0 Å². The molecule has 8 aromatic rings. The highest BCUT2D eigenvalue weighted by Gasteiger charge is 2.41. The Hall–Kier alpha value is -5.97. The van der Waals surface area contributed by atoms with E-state index in [0.717, 1.165) is 22.3 Å². The molecule has 0 bridgehead atoms. The minimum atomic E-state index is -2.78. The van der Waals surface area contributed by atoms with Crippen molar-refractivity contribution in [2.45, 2.75) is 6.61 Å². The van der Waals surface area contributed by atoms with Gasteiger partial charge in [0.15, 0.2) is 8.07 Å². The molecule has 0 aliphatic carbocycles. The lowest BCUT2D eigenvalue weighted by Gasteiger charge is -2.35. The van der Waals surface area contributed by atoms with E-state index in [1.54, 1.807) is 0 Å². The third-order valence-electron chi connectivity index (χ3n) is 9.66. The summed E-state index contributed by atoms with van der Waals surface area (Å²) in [6, 6.07) is 67.1. The first kappa shape index (κ1) is 28.3. The Balaban J connectivity index is 1.27. The molecule has 0 fully saturated rings. The van der Waals surface area contributed by atoms with E-state index in [1.807, 2.05) is 12.1 Å². The molecule has 3 nitrogen and oxygen atoms in total. The largest absolute Gasteiger partial charge is 0.459 e. The molecular weight excluding hydrogens is 601 g/mol. The molecule has 0 saturated heterocycles. The van der Waals surface area contributed by atoms with Crippen LogP contribution in [0.1, 0.15) is 5.56 Å². The Morgan fingerprint density at radius 3 is 1.65 bits per heavy atom. The first-order chi connectivity index (χ1) is 23.8. The molecule has 48 heavy (non-hydrogen) atoms. The summed E-state index contributed by atoms with van der Waals surface area (Å²) < 4.78 is 8.25. The van der Waals surface area contributed by atoms with E-state index in [-0.39, 0.29) is 0 Å². The van der Waals surface area contributed by atoms with E-state index < -0.39 is 8.07 Å². The summed E-state index contributed by atoms with van der Waals surface area (Å²) in [5.41, 5.74) is 9.08. The number of rotatable bonds is 6. The van der Waals surface area contributed by atoms with E-state index in [0.29, 0.717) is 12.6 Å². The van der Waals surface area contributed by atoms with Crippen molar-refractivity contribution in [2.24, 2.45) is 0 Å². The molecule has 7 aromatic carbocycles. The number of nitrogens with zero attached hydrogens (tertiary/aromatic N) is 2. The van der Waals surface area contributed by atoms with Gasteiger partial charge in [-0.1, -0.05) is 164 Å². The van der Waals surface area contributed by atoms with Crippen molar-refractivity contribution in [2.75, 3.05) is 0 Å². The summed E-state index contributed by atoms with van der Waals surface area (Å²) in [7, 11) is -2.78. The maximum absolute atomic E-state index is 6.09. The van der Waals surface area contributed by atoms with E-state index in [4.69, 9.17) is 9.72 Å². The molecule has 0 saturated carbocycles. The maximum atomic E-state index is 6.09. The van der Waals surface area contributed by atoms with E-state index in [2.05, 4.69) is 174 Å². The van der Waals surface area contributed by atoms with Gasteiger partial charge >= 0.3 is 6.01 Å². The highest BCUT2D eigenvalue weighted by Crippen LogP contribution is 2.35. The number of aromatic nitrogens is 2. The molecule has 228 valence electrons. The SMILES string of the molecule is c1ccc(-c2cccc([Si](c3ccccc3)(c3ccccc3)c3cccc(-c4ccc5c(c4)-n4c(nc6ccccc64)OC5)c3)c2)cc1. The van der Waals surface area contributed by atoms with Crippen LogP contribution in [0.4, 0.5) is 0 Å². The van der Waals surface area contributed by atoms with Crippen molar-refractivity contribution < 1.29 is 4.74 Å². The van der Waals surface area contributed by atoms with Gasteiger partial charge < -0.3 is 4.74 Å². The number of imidazole rings is 1. The summed E-state index contributed by atoms with van der Waals surface area (Å²) in [6.45, 7) is 0.509. The second-order valence-electron chi connectivity index (χ2n) is 12.4. The molecule has 0 spiro atoms. The number of ether oxygens (including phenoxy) is 1. The van der Waals surface area contributed by atoms with Gasteiger partial charge in [-0.2, -0.15) is 4.98 Å². The fraction of sp³-hybridized carbons (Fsp3) is 0.0227. The van der Waals surface area contributed by atoms with E-state index in [1.165, 1.54) is 43.0 Å². The molecule has 2 heterocycles. The van der Waals surface area contributed by atoms with Crippen LogP contribution in [0.25, 0.3) is 39.0 Å². The maximum Gasteiger partial charge on any atom is 0.302 e. The Kier molecular flexibility index (Phi) is 6.88. The van der Waals surface area contributed by atoms with Gasteiger partial charge in [0.1, 0.15) is 6.61 Å². The number of para-hydroxylation sites is 2. The minimum Gasteiger partial charge on any atom is -0.459 e. The number of hydrogen-bond donors (Lipinski definition) is 0. The third kappa shape index (κ3) is 4.61. The molecule has 0 unspecified atom stereocenters. The van der Waals surface area contributed by atoms with Gasteiger partial charge in [0.05, 0.1) is 16.7 Å². The zero-order valence-electron chi connectivity index (χ0n) is 26.3. The van der Waals surface area contributed by atoms with Crippen molar-refractivity contribution in [1.29, 1.82) is 0 Å². The molecule has 0 N–H and O–H groups in total. The Labute approximate surface area is 281 Å². The summed E-state index contributed by atoms with van der Waals surface area (Å²) in [4.78, 5) is 4.78. The lowest BCUT2D eigenvalue weighted by Crippen LogP contribution is -2.74. The first-order valence-corrected chi connectivity index (χ1v) is 18.4. The Morgan fingerprint density at radius 1 is 0.458 bits per heavy atom. The van der Waals surface area contributed by atoms with Crippen LogP contribution in [0.3, 0.4) is 0 Å². The van der Waals surface area contributed by atoms with Gasteiger partial charge in [0.25, 0.3) is 0 Å². The van der Waals surface area contributed by atoms with Crippen LogP contribution in [0, 0.1) is 0 Å². The van der Waals surface area contributed by atoms with E-state index >= 15 is 0 Å². The second-order valence-corrected chi connectivity index (χ2v) is 16.2. The van der Waals surface area contributed by atoms with Crippen molar-refractivity contribution >= 4 is 39.9 Å². The quantitative estimate of drug-likeness (QED) is 0.139. The predicted octanol–water partition coefficient (Wildman–Crippen LogP) is 7.63. The number of benzene rings is 7. The lowest BCUT2D eigenvalue weighted by atomic mass is 10.0. The zero-order chi connectivity index (χ0) is 31.9. The number of hydrogen-bond acceptors (Lipinski definition) is 2. The van der Waals surface area contributed by atoms with Crippen LogP contribution in [-0.2, 0) is 6.61 Å². The molecule has 0 radical (unpaired) electrons. The zero-order valence-corrected chi connectivity index (χ0v) is 27.3. The standard InChI is InChI=1S/C44H32N2OSi/c1-4-14-32(15-5-1)33-16-12-22-39(28-33)48(37-18-6-2-7-19-37,38-20-8-3-9-21-38)40-23-13-17-34(29-40)35-26-27-36-31-47-44-45-41-24-10-11-25-42(41)46(44)43(36)30-35/h1-30H,31H2. The molecular formula is C44H32N2OSi. The fourth-order valence-electron chi connectivity index (χ4n) is 7.42. The summed E-state index contributed by atoms with van der Waals surface area (Å²) in [6.07, 6.45) is 0. The molecule has 1 aliphatic rings. The predicted molar refractivity (Wildman–Crippen MR) is 200 cm³/mol. The van der Waals surface area contributed by atoms with Crippen molar-refractivity contribution in [3.8, 4) is 34.0 Å². The molecule has 4 heteroatoms. The lowest BCUT2D eigenvalue weighted by molar-refractivity contribution is 0.266. The normalized spacial score (nSPS) is 12.2. The van der Waals surface area contributed by atoms with Crippen LogP contribution < -0.4 is 25.5 Å². The van der Waals surface area contributed by atoms with Crippen molar-refractivity contribution in [3.05, 3.63) is 188 Å². The van der Waals surface area contributed by atoms with Crippen molar-refractivity contribution in [1.82, 2.24) is 9.55 Å². The summed E-state index contributed by atoms with van der Waals surface area (Å²) >= 11 is 0. The topological polar surface area (TPSA) is 27.1 Å². The van der Waals surface area contributed by atoms with Gasteiger partial charge in [0.2, 0.25) is 0 Å². The third-order valence-corrected chi connectivity index (χ3v) is 14.4. The average molecular weight is 633 g/mol. The Morgan fingerprint density at radius 2 is 0.979 bits per heavy atom. The van der Waals surface area contributed by atoms with Gasteiger partial charge in [0, 0.05) is 5.56 Å². The summed E-state index contributed by atoms with van der Waals surface area (Å²) in [5, 5.41) is 5.42. The smallest absolute Gasteiger partial charge is 0.302 e. The molecule has 1 aliphatic heterocycles. The van der Waals surface area contributed by atoms with Crippen LogP contribution >= 0.6 is 0 Å². The summed E-state index contributed by atoms with van der Waals surface area (Å²) in [5.74, 6) is 0. The highest BCUT2D eigenvalue weighted by atomic mass is 28.3. The van der Waals surface area contributed by atoms with Crippen LogP contribution in [0.2, 0.25) is 0 Å². The first-order valence-electron chi connectivity index (χ1n) is 16.4. The van der Waals surface area contributed by atoms with Gasteiger partial charge in [-0.3, -0.25) is 4.57 Å². The van der Waals surface area contributed by atoms with Crippen LogP contribution in [0.5, 0.6) is 6.01 Å². The number of fused-ring (bicyclic) bond motifs is 5. The van der Waals surface area contributed by atoms with Gasteiger partial charge in [-0.15, -0.1) is 0 Å². The fourth-order valence-corrected chi connectivity index (χ4v) is 12.2. The molecule has 0 amide bonds. The molecule has 1 aromatic heterocycles. The second kappa shape index (κ2) is 11.7. The molecule has 0 atom stereocenters. The van der Waals surface area contributed by atoms with E-state index in [9.17, 15) is 0 Å². The van der Waals surface area contributed by atoms with Gasteiger partial charge in [-0.25, -0.2) is 0 Å². The molecule has 9 rings (SSSR count). The van der Waals surface area contributed by atoms with Crippen LogP contribution in [-0.4, -0.2) is 17.6 Å². The Bertz CT molecular complexity index is 2360. The highest BCUT2D eigenvalue weighted by molar-refractivity contribution is 7.20. The van der Waals surface area contributed by atoms with Crippen LogP contribution in [0.15, 0.2) is 182 Å². The minimum absolute atomic E-state index is 0.509.